The Bertz CT molecular complexity index is 1050. The summed E-state index contributed by atoms with van der Waals surface area (Å²) < 4.78 is 63.9. The fourth-order valence-electron chi connectivity index (χ4n) is 2.06. The Kier molecular flexibility index (Phi) is 8.58. The minimum atomic E-state index is -4.78. The number of anilines is 2. The first-order chi connectivity index (χ1) is 10.4. The van der Waals surface area contributed by atoms with Gasteiger partial charge in [-0.3, -0.25) is 13.9 Å². The normalized spacial score (nSPS) is 11.3. The van der Waals surface area contributed by atoms with E-state index in [0.29, 0.717) is 6.07 Å². The minimum Gasteiger partial charge on any atom is -1.00 e. The van der Waals surface area contributed by atoms with Gasteiger partial charge < -0.3 is 13.9 Å². The van der Waals surface area contributed by atoms with Gasteiger partial charge in [-0.2, -0.15) is 16.8 Å². The van der Waals surface area contributed by atoms with Crippen molar-refractivity contribution in [2.75, 3.05) is 11.1 Å². The number of benzene rings is 2. The zero-order valence-electron chi connectivity index (χ0n) is 15.6. The molecule has 0 bridgehead atoms. The van der Waals surface area contributed by atoms with Crippen LogP contribution in [0.3, 0.4) is 0 Å². The Morgan fingerprint density at radius 2 is 1.60 bits per heavy atom. The van der Waals surface area contributed by atoms with Crippen LogP contribution in [0.25, 0.3) is 10.8 Å². The van der Waals surface area contributed by atoms with E-state index < -0.39 is 35.9 Å². The van der Waals surface area contributed by atoms with Gasteiger partial charge in [0, 0.05) is 17.7 Å². The fraction of sp³-hybridized carbons (Fsp3) is 0.0833. The Morgan fingerprint density at radius 3 is 2.04 bits per heavy atom. The topological polar surface area (TPSA) is 164 Å². The molecule has 2 aromatic carbocycles. The number of carbonyl (C=O) groups is 1. The summed E-state index contributed by atoms with van der Waals surface area (Å²) in [5.74, 6) is -0.447. The van der Waals surface area contributed by atoms with Crippen molar-refractivity contribution in [1.29, 1.82) is 0 Å². The van der Waals surface area contributed by atoms with E-state index in [1.807, 2.05) is 0 Å². The molecule has 1 amide bonds. The molecule has 5 N–H and O–H groups in total. The molecule has 0 atom stereocenters. The number of nitrogen functional groups attached to an aromatic ring is 1. The van der Waals surface area contributed by atoms with Gasteiger partial charge in [0.25, 0.3) is 20.2 Å². The molecule has 128 valence electrons. The van der Waals surface area contributed by atoms with Crippen LogP contribution < -0.4 is 70.2 Å². The van der Waals surface area contributed by atoms with Crippen molar-refractivity contribution in [2.45, 2.75) is 16.7 Å². The maximum atomic E-state index is 11.5. The quantitative estimate of drug-likeness (QED) is 0.223. The molecule has 0 fully saturated rings. The minimum absolute atomic E-state index is 0. The number of rotatable bonds is 3. The molecule has 0 aromatic heterocycles. The molecule has 0 aliphatic rings. The van der Waals surface area contributed by atoms with Crippen LogP contribution in [0.1, 0.15) is 9.78 Å². The van der Waals surface area contributed by atoms with E-state index in [1.54, 1.807) is 0 Å². The van der Waals surface area contributed by atoms with E-state index in [1.165, 1.54) is 19.1 Å². The van der Waals surface area contributed by atoms with Gasteiger partial charge in [0.05, 0.1) is 16.3 Å². The van der Waals surface area contributed by atoms with Gasteiger partial charge in [0.1, 0.15) is 4.90 Å². The van der Waals surface area contributed by atoms with Crippen molar-refractivity contribution >= 4 is 48.3 Å². The van der Waals surface area contributed by atoms with Crippen molar-refractivity contribution < 1.29 is 92.7 Å². The third-order valence-corrected chi connectivity index (χ3v) is 4.72. The van der Waals surface area contributed by atoms with E-state index >= 15 is 0 Å². The standard InChI is InChI=1S/C12H12N2O7S2.2Na.2H/c1-6(15)14-10-3-2-8-9(12(10)13)4-7(22(16,17)18)5-11(8)23(19,20)21;;;;/h2-5H,13H2,1H3,(H,14,15)(H,16,17,18)(H,19,20,21);;;;/q;2*+1;2*-1. The van der Waals surface area contributed by atoms with Gasteiger partial charge in [-0.25, -0.2) is 0 Å². The van der Waals surface area contributed by atoms with Gasteiger partial charge in [-0.05, 0) is 18.2 Å². The van der Waals surface area contributed by atoms with Crippen molar-refractivity contribution in [3.63, 3.8) is 0 Å². The molecule has 9 nitrogen and oxygen atoms in total. The number of amides is 1. The van der Waals surface area contributed by atoms with E-state index in [0.717, 1.165) is 6.07 Å². The van der Waals surface area contributed by atoms with Gasteiger partial charge in [-0.15, -0.1) is 0 Å². The summed E-state index contributed by atoms with van der Waals surface area (Å²) in [5, 5.41) is 2.26. The molecular weight excluding hydrogens is 394 g/mol. The summed E-state index contributed by atoms with van der Waals surface area (Å²) in [6.07, 6.45) is 0. The Morgan fingerprint density at radius 1 is 1.04 bits per heavy atom. The largest absolute Gasteiger partial charge is 1.00 e. The van der Waals surface area contributed by atoms with Crippen LogP contribution in [-0.2, 0) is 25.0 Å². The van der Waals surface area contributed by atoms with Crippen LogP contribution >= 0.6 is 0 Å². The average Bonchev–Trinajstić information content (AvgIpc) is 2.38. The number of nitrogens with one attached hydrogen (secondary N) is 1. The molecule has 0 aliphatic carbocycles. The second-order valence-corrected chi connectivity index (χ2v) is 7.49. The molecular formula is C12H14N2Na2O7S2. The third kappa shape index (κ3) is 5.63. The summed E-state index contributed by atoms with van der Waals surface area (Å²) in [6.45, 7) is 1.22. The number of hydrogen-bond acceptors (Lipinski definition) is 6. The summed E-state index contributed by atoms with van der Waals surface area (Å²) in [7, 11) is -9.53. The van der Waals surface area contributed by atoms with Crippen molar-refractivity contribution in [3.8, 4) is 0 Å². The van der Waals surface area contributed by atoms with Crippen LogP contribution in [0.15, 0.2) is 34.1 Å². The first kappa shape index (κ1) is 24.8. The van der Waals surface area contributed by atoms with Gasteiger partial charge in [0.15, 0.2) is 0 Å². The Labute approximate surface area is 191 Å². The smallest absolute Gasteiger partial charge is 1.00 e. The summed E-state index contributed by atoms with van der Waals surface area (Å²) in [5.41, 5.74) is 5.83. The third-order valence-electron chi connectivity index (χ3n) is 3.00. The average molecular weight is 408 g/mol. The number of nitrogens with two attached hydrogens (primary N) is 1. The number of hydrogen-bond donors (Lipinski definition) is 4. The predicted molar refractivity (Wildman–Crippen MR) is 84.5 cm³/mol. The van der Waals surface area contributed by atoms with Crippen LogP contribution in [0.2, 0.25) is 0 Å². The summed E-state index contributed by atoms with van der Waals surface area (Å²) in [6, 6.07) is 4.11. The van der Waals surface area contributed by atoms with E-state index in [2.05, 4.69) is 5.32 Å². The van der Waals surface area contributed by atoms with Gasteiger partial charge >= 0.3 is 59.1 Å². The maximum absolute atomic E-state index is 11.5. The second kappa shape index (κ2) is 8.65. The molecule has 0 saturated carbocycles. The fourth-order valence-corrected chi connectivity index (χ4v) is 3.40. The summed E-state index contributed by atoms with van der Waals surface area (Å²) in [4.78, 5) is 9.62. The van der Waals surface area contributed by atoms with Gasteiger partial charge in [0.2, 0.25) is 5.91 Å². The first-order valence-electron chi connectivity index (χ1n) is 6.00. The molecule has 0 radical (unpaired) electrons. The molecule has 0 saturated heterocycles. The Hall–Kier alpha value is -0.210. The van der Waals surface area contributed by atoms with Gasteiger partial charge in [-0.1, -0.05) is 6.07 Å². The molecule has 13 heteroatoms. The predicted octanol–water partition coefficient (Wildman–Crippen LogP) is -4.89. The molecule has 25 heavy (non-hydrogen) atoms. The van der Waals surface area contributed by atoms with Crippen LogP contribution in [0.5, 0.6) is 0 Å². The Balaban J connectivity index is -0.00000144. The SMILES string of the molecule is CC(=O)Nc1ccc2c(S(=O)(=O)O)cc(S(=O)(=O)O)cc2c1N.[H-].[H-].[Na+].[Na+]. The monoisotopic (exact) mass is 408 g/mol. The molecule has 0 spiro atoms. The van der Waals surface area contributed by atoms with Crippen LogP contribution in [-0.4, -0.2) is 31.8 Å². The van der Waals surface area contributed by atoms with E-state index in [9.17, 15) is 26.2 Å². The molecule has 0 aliphatic heterocycles. The number of fused-ring (bicyclic) bond motifs is 1. The zero-order chi connectivity index (χ0) is 17.6. The first-order valence-corrected chi connectivity index (χ1v) is 8.88. The summed E-state index contributed by atoms with van der Waals surface area (Å²) >= 11 is 0. The number of carbonyl (C=O) groups excluding carboxylic acids is 1. The zero-order valence-corrected chi connectivity index (χ0v) is 19.3. The molecule has 0 unspecified atom stereocenters. The van der Waals surface area contributed by atoms with Crippen molar-refractivity contribution in [2.24, 2.45) is 0 Å². The van der Waals surface area contributed by atoms with E-state index in [4.69, 9.17) is 10.3 Å². The molecule has 0 heterocycles. The molecule has 2 aromatic rings. The second-order valence-electron chi connectivity index (χ2n) is 4.67. The maximum Gasteiger partial charge on any atom is 1.00 e. The van der Waals surface area contributed by atoms with E-state index in [-0.39, 0.29) is 84.1 Å². The van der Waals surface area contributed by atoms with Crippen molar-refractivity contribution in [3.05, 3.63) is 24.3 Å². The van der Waals surface area contributed by atoms with Crippen LogP contribution in [0, 0.1) is 0 Å². The van der Waals surface area contributed by atoms with Crippen molar-refractivity contribution in [1.82, 2.24) is 0 Å². The molecule has 2 rings (SSSR count). The van der Waals surface area contributed by atoms with Crippen LogP contribution in [0.4, 0.5) is 11.4 Å².